The Labute approximate surface area is 124 Å². The Hall–Kier alpha value is -1.60. The first-order valence-corrected chi connectivity index (χ1v) is 8.43. The predicted molar refractivity (Wildman–Crippen MR) is 77.3 cm³/mol. The third kappa shape index (κ3) is 5.02. The third-order valence-electron chi connectivity index (χ3n) is 3.46. The SMILES string of the molecule is O=C(O)N1CCCC(COS(=O)(=O)Cc2ccccc2)C1. The lowest BCUT2D eigenvalue weighted by Crippen LogP contribution is -2.40. The van der Waals surface area contributed by atoms with Crippen molar-refractivity contribution in [1.29, 1.82) is 0 Å². The highest BCUT2D eigenvalue weighted by molar-refractivity contribution is 7.85. The van der Waals surface area contributed by atoms with E-state index in [0.717, 1.165) is 12.8 Å². The maximum absolute atomic E-state index is 11.9. The molecular weight excluding hydrogens is 294 g/mol. The highest BCUT2D eigenvalue weighted by Gasteiger charge is 2.25. The average molecular weight is 313 g/mol. The molecule has 0 saturated carbocycles. The summed E-state index contributed by atoms with van der Waals surface area (Å²) in [5, 5.41) is 8.95. The van der Waals surface area contributed by atoms with Crippen LogP contribution in [0.1, 0.15) is 18.4 Å². The molecule has 0 aromatic heterocycles. The molecule has 0 radical (unpaired) electrons. The fourth-order valence-electron chi connectivity index (χ4n) is 2.39. The third-order valence-corrected chi connectivity index (χ3v) is 4.64. The van der Waals surface area contributed by atoms with Crippen LogP contribution in [0.4, 0.5) is 4.79 Å². The second-order valence-corrected chi connectivity index (χ2v) is 6.85. The number of amides is 1. The number of likely N-dealkylation sites (tertiary alicyclic amines) is 1. The zero-order chi connectivity index (χ0) is 15.3. The topological polar surface area (TPSA) is 83.9 Å². The maximum atomic E-state index is 11.9. The molecule has 0 bridgehead atoms. The van der Waals surface area contributed by atoms with E-state index < -0.39 is 16.2 Å². The second kappa shape index (κ2) is 6.91. The summed E-state index contributed by atoms with van der Waals surface area (Å²) in [6.07, 6.45) is 0.552. The summed E-state index contributed by atoms with van der Waals surface area (Å²) in [6.45, 7) is 0.873. The van der Waals surface area contributed by atoms with Gasteiger partial charge in [0.25, 0.3) is 10.1 Å². The van der Waals surface area contributed by atoms with Gasteiger partial charge in [-0.2, -0.15) is 8.42 Å². The Morgan fingerprint density at radius 2 is 2.05 bits per heavy atom. The van der Waals surface area contributed by atoms with Crippen molar-refractivity contribution in [3.05, 3.63) is 35.9 Å². The Bertz CT molecular complexity index is 572. The summed E-state index contributed by atoms with van der Waals surface area (Å²) in [7, 11) is -3.64. The molecule has 1 N–H and O–H groups in total. The van der Waals surface area contributed by atoms with E-state index in [9.17, 15) is 13.2 Å². The zero-order valence-electron chi connectivity index (χ0n) is 11.6. The van der Waals surface area contributed by atoms with Crippen LogP contribution in [-0.2, 0) is 20.1 Å². The lowest BCUT2D eigenvalue weighted by Gasteiger charge is -2.30. The van der Waals surface area contributed by atoms with Crippen molar-refractivity contribution in [1.82, 2.24) is 4.90 Å². The molecule has 116 valence electrons. The van der Waals surface area contributed by atoms with Crippen LogP contribution < -0.4 is 0 Å². The van der Waals surface area contributed by atoms with Crippen LogP contribution in [-0.4, -0.2) is 44.2 Å². The van der Waals surface area contributed by atoms with Crippen molar-refractivity contribution in [2.45, 2.75) is 18.6 Å². The average Bonchev–Trinajstić information content (AvgIpc) is 2.46. The monoisotopic (exact) mass is 313 g/mol. The largest absolute Gasteiger partial charge is 0.465 e. The minimum atomic E-state index is -3.64. The molecule has 1 aliphatic heterocycles. The Balaban J connectivity index is 1.85. The molecule has 0 spiro atoms. The van der Waals surface area contributed by atoms with Crippen LogP contribution in [0.15, 0.2) is 30.3 Å². The first kappa shape index (κ1) is 15.8. The highest BCUT2D eigenvalue weighted by Crippen LogP contribution is 2.18. The molecule has 2 rings (SSSR count). The van der Waals surface area contributed by atoms with Gasteiger partial charge in [0.15, 0.2) is 0 Å². The van der Waals surface area contributed by atoms with Crippen LogP contribution in [0.5, 0.6) is 0 Å². The van der Waals surface area contributed by atoms with Crippen molar-refractivity contribution >= 4 is 16.2 Å². The van der Waals surface area contributed by atoms with E-state index in [-0.39, 0.29) is 18.3 Å². The number of piperidine rings is 1. The van der Waals surface area contributed by atoms with Gasteiger partial charge in [-0.1, -0.05) is 30.3 Å². The van der Waals surface area contributed by atoms with Gasteiger partial charge in [-0.15, -0.1) is 0 Å². The van der Waals surface area contributed by atoms with Crippen molar-refractivity contribution in [3.63, 3.8) is 0 Å². The lowest BCUT2D eigenvalue weighted by atomic mass is 10.00. The van der Waals surface area contributed by atoms with E-state index in [1.54, 1.807) is 24.3 Å². The molecular formula is C14H19NO5S. The van der Waals surface area contributed by atoms with Crippen LogP contribution in [0.2, 0.25) is 0 Å². The number of carbonyl (C=O) groups is 1. The van der Waals surface area contributed by atoms with Crippen LogP contribution in [0.3, 0.4) is 0 Å². The molecule has 0 aliphatic carbocycles. The molecule has 21 heavy (non-hydrogen) atoms. The standard InChI is InChI=1S/C14H19NO5S/c16-14(17)15-8-4-7-13(9-15)10-20-21(18,19)11-12-5-2-1-3-6-12/h1-3,5-6,13H,4,7-11H2,(H,16,17). The van der Waals surface area contributed by atoms with Crippen LogP contribution in [0, 0.1) is 5.92 Å². The summed E-state index contributed by atoms with van der Waals surface area (Å²) in [4.78, 5) is 12.2. The number of hydrogen-bond donors (Lipinski definition) is 1. The van der Waals surface area contributed by atoms with Crippen LogP contribution >= 0.6 is 0 Å². The summed E-state index contributed by atoms with van der Waals surface area (Å²) in [5.74, 6) is -0.233. The van der Waals surface area contributed by atoms with Crippen molar-refractivity contribution in [3.8, 4) is 0 Å². The number of benzene rings is 1. The molecule has 1 unspecified atom stereocenters. The van der Waals surface area contributed by atoms with Crippen LogP contribution in [0.25, 0.3) is 0 Å². The van der Waals surface area contributed by atoms with Gasteiger partial charge < -0.3 is 10.0 Å². The molecule has 1 aromatic carbocycles. The van der Waals surface area contributed by atoms with Gasteiger partial charge in [0, 0.05) is 19.0 Å². The first-order valence-electron chi connectivity index (χ1n) is 6.85. The first-order chi connectivity index (χ1) is 9.96. The molecule has 1 saturated heterocycles. The second-order valence-electron chi connectivity index (χ2n) is 5.21. The molecule has 1 amide bonds. The van der Waals surface area contributed by atoms with Gasteiger partial charge in [-0.3, -0.25) is 4.18 Å². The normalized spacial score (nSPS) is 19.4. The van der Waals surface area contributed by atoms with Crippen molar-refractivity contribution < 1.29 is 22.5 Å². The Morgan fingerprint density at radius 3 is 2.71 bits per heavy atom. The molecule has 1 heterocycles. The number of rotatable bonds is 5. The molecule has 1 aromatic rings. The Kier molecular flexibility index (Phi) is 5.19. The van der Waals surface area contributed by atoms with Gasteiger partial charge in [0.1, 0.15) is 5.75 Å². The molecule has 1 fully saturated rings. The minimum Gasteiger partial charge on any atom is -0.465 e. The summed E-state index contributed by atoms with van der Waals surface area (Å²) in [5.41, 5.74) is 0.674. The molecule has 1 aliphatic rings. The fraction of sp³-hybridized carbons (Fsp3) is 0.500. The van der Waals surface area contributed by atoms with E-state index in [2.05, 4.69) is 0 Å². The van der Waals surface area contributed by atoms with E-state index in [1.165, 1.54) is 4.90 Å². The zero-order valence-corrected chi connectivity index (χ0v) is 12.5. The van der Waals surface area contributed by atoms with Crippen molar-refractivity contribution in [2.75, 3.05) is 19.7 Å². The van der Waals surface area contributed by atoms with E-state index >= 15 is 0 Å². The fourth-order valence-corrected chi connectivity index (χ4v) is 3.48. The minimum absolute atomic E-state index is 0.0406. The lowest BCUT2D eigenvalue weighted by molar-refractivity contribution is 0.106. The Morgan fingerprint density at radius 1 is 1.33 bits per heavy atom. The number of carboxylic acid groups (broad SMARTS) is 1. The summed E-state index contributed by atoms with van der Waals surface area (Å²) < 4.78 is 28.9. The quantitative estimate of drug-likeness (QED) is 0.840. The molecule has 7 heteroatoms. The van der Waals surface area contributed by atoms with Crippen molar-refractivity contribution in [2.24, 2.45) is 5.92 Å². The van der Waals surface area contributed by atoms with Gasteiger partial charge in [0.2, 0.25) is 0 Å². The highest BCUT2D eigenvalue weighted by atomic mass is 32.2. The summed E-state index contributed by atoms with van der Waals surface area (Å²) in [6, 6.07) is 8.83. The van der Waals surface area contributed by atoms with Gasteiger partial charge in [0.05, 0.1) is 6.61 Å². The number of nitrogens with zero attached hydrogens (tertiary/aromatic N) is 1. The summed E-state index contributed by atoms with van der Waals surface area (Å²) >= 11 is 0. The van der Waals surface area contributed by atoms with Gasteiger partial charge in [-0.25, -0.2) is 4.79 Å². The molecule has 1 atom stereocenters. The van der Waals surface area contributed by atoms with E-state index in [1.807, 2.05) is 6.07 Å². The molecule has 6 nitrogen and oxygen atoms in total. The van der Waals surface area contributed by atoms with Gasteiger partial charge in [-0.05, 0) is 18.4 Å². The smallest absolute Gasteiger partial charge is 0.407 e. The van der Waals surface area contributed by atoms with E-state index in [4.69, 9.17) is 9.29 Å². The number of hydrogen-bond acceptors (Lipinski definition) is 4. The van der Waals surface area contributed by atoms with E-state index in [0.29, 0.717) is 18.7 Å². The predicted octanol–water partition coefficient (Wildman–Crippen LogP) is 1.92. The van der Waals surface area contributed by atoms with Gasteiger partial charge >= 0.3 is 6.09 Å². The maximum Gasteiger partial charge on any atom is 0.407 e.